The molecule has 5 nitrogen and oxygen atoms in total. The van der Waals surface area contributed by atoms with Crippen LogP contribution in [0.1, 0.15) is 5.56 Å². The van der Waals surface area contributed by atoms with Gasteiger partial charge in [-0.2, -0.15) is 0 Å². The van der Waals surface area contributed by atoms with Gasteiger partial charge in [0.15, 0.2) is 0 Å². The van der Waals surface area contributed by atoms with Crippen LogP contribution in [0.5, 0.6) is 5.75 Å². The average Bonchev–Trinajstić information content (AvgIpc) is 2.14. The first-order chi connectivity index (χ1) is 6.63. The van der Waals surface area contributed by atoms with E-state index >= 15 is 0 Å². The lowest BCUT2D eigenvalue weighted by Crippen LogP contribution is -2.26. The van der Waals surface area contributed by atoms with E-state index in [1.54, 1.807) is 12.1 Å². The summed E-state index contributed by atoms with van der Waals surface area (Å²) in [7, 11) is 0. The maximum absolute atomic E-state index is 10.4. The van der Waals surface area contributed by atoms with Crippen molar-refractivity contribution < 1.29 is 15.1 Å². The Hall–Kier alpha value is -1.62. The van der Waals surface area contributed by atoms with E-state index in [4.69, 9.17) is 10.2 Å². The van der Waals surface area contributed by atoms with Gasteiger partial charge in [-0.05, 0) is 17.7 Å². The van der Waals surface area contributed by atoms with Gasteiger partial charge < -0.3 is 10.2 Å². The Bertz CT molecular complexity index is 326. The summed E-state index contributed by atoms with van der Waals surface area (Å²) < 4.78 is 0. The van der Waals surface area contributed by atoms with E-state index in [2.05, 4.69) is 0 Å². The first kappa shape index (κ1) is 10.5. The molecule has 0 radical (unpaired) electrons. The zero-order chi connectivity index (χ0) is 10.6. The third-order valence-electron chi connectivity index (χ3n) is 1.89. The summed E-state index contributed by atoms with van der Waals surface area (Å²) in [5, 5.41) is 28.2. The third-order valence-corrected chi connectivity index (χ3v) is 1.89. The standard InChI is InChI=1S/C9H11NO4/c11-6-8(10(13)14)4-7-2-1-3-9(12)5-7/h1-3,5,8,11-12H,4,6H2. The van der Waals surface area contributed by atoms with Gasteiger partial charge in [0.05, 0.1) is 0 Å². The van der Waals surface area contributed by atoms with Gasteiger partial charge in [-0.25, -0.2) is 0 Å². The molecule has 1 unspecified atom stereocenters. The zero-order valence-electron chi connectivity index (χ0n) is 7.46. The van der Waals surface area contributed by atoms with Crippen molar-refractivity contribution in [2.45, 2.75) is 12.5 Å². The number of phenols is 1. The summed E-state index contributed by atoms with van der Waals surface area (Å²) in [6, 6.07) is 5.22. The van der Waals surface area contributed by atoms with E-state index in [9.17, 15) is 10.1 Å². The molecular formula is C9H11NO4. The summed E-state index contributed by atoms with van der Waals surface area (Å²) in [5.74, 6) is 0.0718. The lowest BCUT2D eigenvalue weighted by Gasteiger charge is -2.06. The lowest BCUT2D eigenvalue weighted by molar-refractivity contribution is -0.525. The molecule has 0 aliphatic carbocycles. The molecule has 0 saturated heterocycles. The van der Waals surface area contributed by atoms with Crippen LogP contribution in [0.15, 0.2) is 24.3 Å². The highest BCUT2D eigenvalue weighted by molar-refractivity contribution is 5.27. The maximum Gasteiger partial charge on any atom is 0.239 e. The zero-order valence-corrected chi connectivity index (χ0v) is 7.46. The minimum atomic E-state index is -1.00. The molecule has 2 N–H and O–H groups in total. The van der Waals surface area contributed by atoms with Crippen molar-refractivity contribution in [1.29, 1.82) is 0 Å². The number of aliphatic hydroxyl groups is 1. The second-order valence-corrected chi connectivity index (χ2v) is 3.00. The van der Waals surface area contributed by atoms with Gasteiger partial charge in [-0.15, -0.1) is 0 Å². The van der Waals surface area contributed by atoms with Gasteiger partial charge in [-0.3, -0.25) is 10.1 Å². The maximum atomic E-state index is 10.4. The number of aromatic hydroxyl groups is 1. The fourth-order valence-electron chi connectivity index (χ4n) is 1.16. The van der Waals surface area contributed by atoms with Crippen molar-refractivity contribution in [2.24, 2.45) is 0 Å². The fraction of sp³-hybridized carbons (Fsp3) is 0.333. The van der Waals surface area contributed by atoms with Crippen LogP contribution in [-0.2, 0) is 6.42 Å². The second kappa shape index (κ2) is 4.57. The van der Waals surface area contributed by atoms with Crippen molar-refractivity contribution in [3.8, 4) is 5.75 Å². The van der Waals surface area contributed by atoms with Crippen LogP contribution in [0.2, 0.25) is 0 Å². The molecule has 76 valence electrons. The summed E-state index contributed by atoms with van der Waals surface area (Å²) in [4.78, 5) is 9.88. The molecule has 0 heterocycles. The van der Waals surface area contributed by atoms with Gasteiger partial charge in [0.25, 0.3) is 0 Å². The van der Waals surface area contributed by atoms with Crippen LogP contribution < -0.4 is 0 Å². The molecule has 0 spiro atoms. The molecule has 14 heavy (non-hydrogen) atoms. The fourth-order valence-corrected chi connectivity index (χ4v) is 1.16. The number of hydrogen-bond acceptors (Lipinski definition) is 4. The number of nitro groups is 1. The Morgan fingerprint density at radius 3 is 2.71 bits per heavy atom. The van der Waals surface area contributed by atoms with Crippen LogP contribution in [0.4, 0.5) is 0 Å². The van der Waals surface area contributed by atoms with Crippen LogP contribution in [0.25, 0.3) is 0 Å². The molecule has 0 saturated carbocycles. The van der Waals surface area contributed by atoms with Gasteiger partial charge >= 0.3 is 0 Å². The number of phenolic OH excluding ortho intramolecular Hbond substituents is 1. The predicted octanol–water partition coefficient (Wildman–Crippen LogP) is 0.572. The topological polar surface area (TPSA) is 83.6 Å². The number of nitrogens with zero attached hydrogens (tertiary/aromatic N) is 1. The van der Waals surface area contributed by atoms with Gasteiger partial charge in [0.1, 0.15) is 12.4 Å². The van der Waals surface area contributed by atoms with Gasteiger partial charge in [0, 0.05) is 11.3 Å². The Kier molecular flexibility index (Phi) is 3.41. The van der Waals surface area contributed by atoms with Crippen LogP contribution in [0, 0.1) is 10.1 Å². The van der Waals surface area contributed by atoms with Crippen molar-refractivity contribution in [1.82, 2.24) is 0 Å². The SMILES string of the molecule is O=[N+]([O-])C(CO)Cc1cccc(O)c1. The number of aliphatic hydroxyl groups excluding tert-OH is 1. The van der Waals surface area contributed by atoms with E-state index in [1.165, 1.54) is 12.1 Å². The highest BCUT2D eigenvalue weighted by Gasteiger charge is 2.18. The van der Waals surface area contributed by atoms with Crippen molar-refractivity contribution in [3.63, 3.8) is 0 Å². The van der Waals surface area contributed by atoms with Crippen molar-refractivity contribution in [3.05, 3.63) is 39.9 Å². The predicted molar refractivity (Wildman–Crippen MR) is 49.7 cm³/mol. The van der Waals surface area contributed by atoms with E-state index in [0.717, 1.165) is 0 Å². The second-order valence-electron chi connectivity index (χ2n) is 3.00. The van der Waals surface area contributed by atoms with E-state index in [1.807, 2.05) is 0 Å². The van der Waals surface area contributed by atoms with E-state index in [0.29, 0.717) is 5.56 Å². The molecule has 0 fully saturated rings. The number of rotatable bonds is 4. The number of hydrogen-bond donors (Lipinski definition) is 2. The quantitative estimate of drug-likeness (QED) is 0.546. The smallest absolute Gasteiger partial charge is 0.239 e. The first-order valence-electron chi connectivity index (χ1n) is 4.15. The molecule has 5 heteroatoms. The molecule has 0 bridgehead atoms. The highest BCUT2D eigenvalue weighted by atomic mass is 16.6. The van der Waals surface area contributed by atoms with Crippen LogP contribution in [0.3, 0.4) is 0 Å². The summed E-state index contributed by atoms with van der Waals surface area (Å²) in [5.41, 5.74) is 0.640. The van der Waals surface area contributed by atoms with Gasteiger partial charge in [0.2, 0.25) is 6.04 Å². The molecule has 1 aromatic carbocycles. The van der Waals surface area contributed by atoms with Gasteiger partial charge in [-0.1, -0.05) is 12.1 Å². The number of benzene rings is 1. The first-order valence-corrected chi connectivity index (χ1v) is 4.15. The molecule has 1 atom stereocenters. The Labute approximate surface area is 80.8 Å². The third kappa shape index (κ3) is 2.70. The summed E-state index contributed by atoms with van der Waals surface area (Å²) in [6.45, 7) is -0.497. The van der Waals surface area contributed by atoms with Crippen molar-refractivity contribution >= 4 is 0 Å². The Morgan fingerprint density at radius 2 is 2.21 bits per heavy atom. The summed E-state index contributed by atoms with van der Waals surface area (Å²) >= 11 is 0. The minimum absolute atomic E-state index is 0.0718. The molecule has 0 aromatic heterocycles. The van der Waals surface area contributed by atoms with E-state index < -0.39 is 17.6 Å². The lowest BCUT2D eigenvalue weighted by atomic mass is 10.1. The normalized spacial score (nSPS) is 12.4. The molecule has 1 aromatic rings. The molecule has 0 aliphatic heterocycles. The minimum Gasteiger partial charge on any atom is -0.508 e. The highest BCUT2D eigenvalue weighted by Crippen LogP contribution is 2.13. The largest absolute Gasteiger partial charge is 0.508 e. The van der Waals surface area contributed by atoms with Crippen LogP contribution >= 0.6 is 0 Å². The Balaban J connectivity index is 2.72. The molecule has 1 rings (SSSR count). The molecule has 0 aliphatic rings. The average molecular weight is 197 g/mol. The van der Waals surface area contributed by atoms with Crippen molar-refractivity contribution in [2.75, 3.05) is 6.61 Å². The summed E-state index contributed by atoms with van der Waals surface area (Å²) in [6.07, 6.45) is 0.123. The molecular weight excluding hydrogens is 186 g/mol. The Morgan fingerprint density at radius 1 is 1.50 bits per heavy atom. The van der Waals surface area contributed by atoms with E-state index in [-0.39, 0.29) is 12.2 Å². The van der Waals surface area contributed by atoms with Crippen LogP contribution in [-0.4, -0.2) is 27.8 Å². The molecule has 0 amide bonds. The monoisotopic (exact) mass is 197 g/mol.